The fourth-order valence-electron chi connectivity index (χ4n) is 3.23. The van der Waals surface area contributed by atoms with Crippen LogP contribution in [-0.4, -0.2) is 35.7 Å². The van der Waals surface area contributed by atoms with Crippen molar-refractivity contribution in [1.29, 1.82) is 0 Å². The molecule has 0 aliphatic heterocycles. The molecule has 3 heterocycles. The number of aryl methyl sites for hydroxylation is 1. The molecule has 0 radical (unpaired) electrons. The Hall–Kier alpha value is -3.95. The average Bonchev–Trinajstić information content (AvgIpc) is 3.37. The number of imidazole rings is 1. The van der Waals surface area contributed by atoms with Crippen LogP contribution >= 0.6 is 0 Å². The first-order chi connectivity index (χ1) is 15.0. The van der Waals surface area contributed by atoms with Crippen molar-refractivity contribution in [3.8, 4) is 5.88 Å². The number of aromatic nitrogens is 5. The molecule has 0 unspecified atom stereocenters. The molecule has 0 atom stereocenters. The van der Waals surface area contributed by atoms with Crippen LogP contribution in [0.15, 0.2) is 40.2 Å². The van der Waals surface area contributed by atoms with Gasteiger partial charge in [-0.25, -0.2) is 14.2 Å². The first kappa shape index (κ1) is 19.0. The molecule has 0 saturated heterocycles. The van der Waals surface area contributed by atoms with Crippen molar-refractivity contribution >= 4 is 17.5 Å². The maximum atomic E-state index is 13.9. The number of H-pyrrole nitrogens is 2. The summed E-state index contributed by atoms with van der Waals surface area (Å²) in [6.45, 7) is 2.11. The molecule has 0 bridgehead atoms. The van der Waals surface area contributed by atoms with Crippen molar-refractivity contribution in [2.45, 2.75) is 32.4 Å². The quantitative estimate of drug-likeness (QED) is 0.385. The molecule has 1 aliphatic rings. The van der Waals surface area contributed by atoms with Gasteiger partial charge in [-0.15, -0.1) is 0 Å². The Morgan fingerprint density at radius 3 is 2.90 bits per heavy atom. The van der Waals surface area contributed by atoms with E-state index in [1.165, 1.54) is 6.07 Å². The number of aromatic hydroxyl groups is 1. The van der Waals surface area contributed by atoms with E-state index in [1.807, 2.05) is 12.1 Å². The van der Waals surface area contributed by atoms with Gasteiger partial charge >= 0.3 is 5.69 Å². The van der Waals surface area contributed by atoms with Crippen LogP contribution in [0, 0.1) is 12.7 Å². The molecule has 1 saturated carbocycles. The minimum atomic E-state index is -0.509. The summed E-state index contributed by atoms with van der Waals surface area (Å²) in [4.78, 5) is 25.6. The molecule has 158 valence electrons. The zero-order valence-electron chi connectivity index (χ0n) is 16.7. The van der Waals surface area contributed by atoms with Crippen LogP contribution in [0.4, 0.5) is 10.2 Å². The molecule has 3 aromatic heterocycles. The largest absolute Gasteiger partial charge is 0.493 e. The zero-order valence-corrected chi connectivity index (χ0v) is 16.7. The van der Waals surface area contributed by atoms with Gasteiger partial charge in [0.25, 0.3) is 0 Å². The number of nitrogens with one attached hydrogen (secondary N) is 3. The summed E-state index contributed by atoms with van der Waals surface area (Å²) < 4.78 is 15.5. The molecular weight excluding hydrogens is 401 g/mol. The zero-order chi connectivity index (χ0) is 21.5. The molecule has 1 aromatic carbocycles. The topological polar surface area (TPSA) is 123 Å². The molecule has 0 amide bonds. The minimum absolute atomic E-state index is 0.232. The van der Waals surface area contributed by atoms with Crippen LogP contribution in [0.1, 0.15) is 29.7 Å². The second kappa shape index (κ2) is 7.38. The van der Waals surface area contributed by atoms with E-state index in [2.05, 4.69) is 25.4 Å². The van der Waals surface area contributed by atoms with Gasteiger partial charge in [0.15, 0.2) is 11.1 Å². The molecule has 4 N–H and O–H groups in total. The Labute approximate surface area is 175 Å². The van der Waals surface area contributed by atoms with E-state index in [4.69, 9.17) is 4.99 Å². The smallest absolute Gasteiger partial charge is 0.326 e. The van der Waals surface area contributed by atoms with Crippen molar-refractivity contribution in [3.63, 3.8) is 0 Å². The first-order valence-corrected chi connectivity index (χ1v) is 9.91. The molecule has 1 fully saturated rings. The van der Waals surface area contributed by atoms with Crippen molar-refractivity contribution in [2.24, 2.45) is 4.99 Å². The third-order valence-electron chi connectivity index (χ3n) is 5.09. The summed E-state index contributed by atoms with van der Waals surface area (Å²) in [7, 11) is 0. The highest BCUT2D eigenvalue weighted by Gasteiger charge is 2.20. The Balaban J connectivity index is 1.57. The van der Waals surface area contributed by atoms with E-state index in [1.54, 1.807) is 29.8 Å². The lowest BCUT2D eigenvalue weighted by atomic mass is 10.1. The lowest BCUT2D eigenvalue weighted by Gasteiger charge is -2.07. The number of rotatable bonds is 5. The molecule has 9 nitrogen and oxygen atoms in total. The van der Waals surface area contributed by atoms with Crippen LogP contribution in [0.25, 0.3) is 11.7 Å². The van der Waals surface area contributed by atoms with Gasteiger partial charge in [-0.05, 0) is 43.0 Å². The van der Waals surface area contributed by atoms with Crippen LogP contribution in [0.5, 0.6) is 5.88 Å². The molecule has 5 rings (SSSR count). The number of anilines is 1. The SMILES string of the molecule is Cc1ccc(CNc2cc(=NC3CC3)n3nc/c(=C/c4[nH]c(=O)[nH]c4O)c3n2)cc1F. The summed E-state index contributed by atoms with van der Waals surface area (Å²) in [6, 6.07) is 7.18. The van der Waals surface area contributed by atoms with Crippen molar-refractivity contribution in [1.82, 2.24) is 24.6 Å². The number of halogens is 1. The number of hydrogen-bond acceptors (Lipinski definition) is 6. The monoisotopic (exact) mass is 421 g/mol. The predicted molar refractivity (Wildman–Crippen MR) is 112 cm³/mol. The van der Waals surface area contributed by atoms with Crippen LogP contribution in [-0.2, 0) is 6.54 Å². The Kier molecular flexibility index (Phi) is 4.54. The van der Waals surface area contributed by atoms with Crippen LogP contribution in [0.3, 0.4) is 0 Å². The number of fused-ring (bicyclic) bond motifs is 1. The molecule has 1 aliphatic carbocycles. The molecule has 4 aromatic rings. The van der Waals surface area contributed by atoms with E-state index < -0.39 is 5.69 Å². The Morgan fingerprint density at radius 1 is 1.35 bits per heavy atom. The number of aromatic amines is 2. The minimum Gasteiger partial charge on any atom is -0.493 e. The van der Waals surface area contributed by atoms with Gasteiger partial charge in [-0.3, -0.25) is 9.98 Å². The van der Waals surface area contributed by atoms with Gasteiger partial charge in [0.1, 0.15) is 17.3 Å². The summed E-state index contributed by atoms with van der Waals surface area (Å²) in [5.41, 5.74) is 2.28. The number of hydrogen-bond donors (Lipinski definition) is 4. The van der Waals surface area contributed by atoms with Crippen molar-refractivity contribution in [3.05, 3.63) is 74.3 Å². The van der Waals surface area contributed by atoms with E-state index in [9.17, 15) is 14.3 Å². The van der Waals surface area contributed by atoms with Crippen LogP contribution < -0.4 is 21.7 Å². The highest BCUT2D eigenvalue weighted by atomic mass is 19.1. The maximum absolute atomic E-state index is 13.9. The van der Waals surface area contributed by atoms with Gasteiger partial charge < -0.3 is 15.4 Å². The lowest BCUT2D eigenvalue weighted by Crippen LogP contribution is -2.20. The number of benzene rings is 1. The average molecular weight is 421 g/mol. The molecule has 31 heavy (non-hydrogen) atoms. The van der Waals surface area contributed by atoms with E-state index in [-0.39, 0.29) is 23.4 Å². The third-order valence-corrected chi connectivity index (χ3v) is 5.09. The van der Waals surface area contributed by atoms with Gasteiger partial charge in [0.2, 0.25) is 5.88 Å². The summed E-state index contributed by atoms with van der Waals surface area (Å²) in [5.74, 6) is 0.0536. The summed E-state index contributed by atoms with van der Waals surface area (Å²) in [6.07, 6.45) is 5.25. The van der Waals surface area contributed by atoms with Crippen molar-refractivity contribution in [2.75, 3.05) is 5.32 Å². The highest BCUT2D eigenvalue weighted by molar-refractivity contribution is 5.58. The standard InChI is InChI=1S/C21H20FN7O2/c1-11-2-3-12(6-15(11)22)9-23-17-8-18(25-14-4-5-14)29-19(27-17)13(10-24-29)7-16-20(30)28-21(31)26-16/h2-3,6-8,10,14,23,30H,4-5,9H2,1H3,(H2,26,28,31)/b13-7-,25-18?. The van der Waals surface area contributed by atoms with Crippen molar-refractivity contribution < 1.29 is 9.50 Å². The number of nitrogens with zero attached hydrogens (tertiary/aromatic N) is 4. The molecular formula is C21H20FN7O2. The van der Waals surface area contributed by atoms with E-state index in [0.717, 1.165) is 18.4 Å². The van der Waals surface area contributed by atoms with Crippen LogP contribution in [0.2, 0.25) is 0 Å². The predicted octanol–water partition coefficient (Wildman–Crippen LogP) is 1.12. The van der Waals surface area contributed by atoms with E-state index >= 15 is 0 Å². The third kappa shape index (κ3) is 3.91. The molecule has 0 spiro atoms. The summed E-state index contributed by atoms with van der Waals surface area (Å²) >= 11 is 0. The van der Waals surface area contributed by atoms with Gasteiger partial charge in [0, 0.05) is 17.8 Å². The second-order valence-corrected chi connectivity index (χ2v) is 7.62. The van der Waals surface area contributed by atoms with E-state index in [0.29, 0.717) is 34.3 Å². The van der Waals surface area contributed by atoms with Gasteiger partial charge in [-0.2, -0.15) is 9.61 Å². The van der Waals surface area contributed by atoms with Gasteiger partial charge in [-0.1, -0.05) is 12.1 Å². The fourth-order valence-corrected chi connectivity index (χ4v) is 3.23. The second-order valence-electron chi connectivity index (χ2n) is 7.62. The summed E-state index contributed by atoms with van der Waals surface area (Å²) in [5, 5.41) is 18.1. The highest BCUT2D eigenvalue weighted by Crippen LogP contribution is 2.22. The normalized spacial score (nSPS) is 15.2. The van der Waals surface area contributed by atoms with Gasteiger partial charge in [0.05, 0.1) is 12.2 Å². The first-order valence-electron chi connectivity index (χ1n) is 9.91. The lowest BCUT2D eigenvalue weighted by molar-refractivity contribution is 0.454. The fraction of sp³-hybridized carbons (Fsp3) is 0.238. The maximum Gasteiger partial charge on any atom is 0.326 e. The molecule has 10 heteroatoms. The Bertz CT molecular complexity index is 1460. The Morgan fingerprint density at radius 2 is 2.19 bits per heavy atom.